The predicted octanol–water partition coefficient (Wildman–Crippen LogP) is 2.75. The van der Waals surface area contributed by atoms with E-state index in [1.165, 1.54) is 21.9 Å². The monoisotopic (exact) mass is 318 g/mol. The summed E-state index contributed by atoms with van der Waals surface area (Å²) in [5, 5.41) is 0.0242. The summed E-state index contributed by atoms with van der Waals surface area (Å²) in [6.45, 7) is 0. The lowest BCUT2D eigenvalue weighted by Gasteiger charge is -2.21. The lowest BCUT2D eigenvalue weighted by Crippen LogP contribution is -2.30. The molecule has 112 valence electrons. The van der Waals surface area contributed by atoms with Gasteiger partial charge in [0.15, 0.2) is 12.5 Å². The van der Waals surface area contributed by atoms with E-state index >= 15 is 0 Å². The molecule has 0 bridgehead atoms. The summed E-state index contributed by atoms with van der Waals surface area (Å²) in [6.07, 6.45) is -4.38. The fraction of sp³-hybridized carbons (Fsp3) is 0.308. The van der Waals surface area contributed by atoms with Crippen LogP contribution in [0.5, 0.6) is 0 Å². The molecular formula is C13H10ClF3N2O2. The summed E-state index contributed by atoms with van der Waals surface area (Å²) >= 11 is 6.05. The number of halogens is 4. The summed E-state index contributed by atoms with van der Waals surface area (Å²) < 4.78 is 43.7. The van der Waals surface area contributed by atoms with E-state index in [0.29, 0.717) is 0 Å². The van der Waals surface area contributed by atoms with Crippen LogP contribution in [-0.4, -0.2) is 30.3 Å². The van der Waals surface area contributed by atoms with Crippen LogP contribution in [0.3, 0.4) is 0 Å². The van der Waals surface area contributed by atoms with E-state index in [1.54, 1.807) is 7.05 Å². The molecule has 2 aliphatic heterocycles. The maximum absolute atomic E-state index is 12.8. The van der Waals surface area contributed by atoms with Gasteiger partial charge in [-0.25, -0.2) is 0 Å². The zero-order valence-corrected chi connectivity index (χ0v) is 11.5. The van der Waals surface area contributed by atoms with Gasteiger partial charge in [0.05, 0.1) is 5.56 Å². The van der Waals surface area contributed by atoms with Gasteiger partial charge >= 0.3 is 6.18 Å². The molecular weight excluding hydrogens is 309 g/mol. The van der Waals surface area contributed by atoms with Crippen LogP contribution in [0.1, 0.15) is 5.56 Å². The molecule has 2 atom stereocenters. The number of benzene rings is 1. The Morgan fingerprint density at radius 1 is 1.29 bits per heavy atom. The van der Waals surface area contributed by atoms with Crippen molar-refractivity contribution in [1.29, 1.82) is 0 Å². The van der Waals surface area contributed by atoms with Crippen LogP contribution in [0, 0.1) is 0 Å². The maximum Gasteiger partial charge on any atom is 0.416 e. The molecule has 1 aromatic rings. The first-order valence-electron chi connectivity index (χ1n) is 6.05. The number of hydrogen-bond acceptors (Lipinski definition) is 3. The summed E-state index contributed by atoms with van der Waals surface area (Å²) in [6, 6.07) is 4.72. The normalized spacial score (nSPS) is 25.4. The van der Waals surface area contributed by atoms with Gasteiger partial charge in [0, 0.05) is 18.8 Å². The van der Waals surface area contributed by atoms with Gasteiger partial charge in [0.25, 0.3) is 5.91 Å². The van der Waals surface area contributed by atoms with Crippen molar-refractivity contribution < 1.29 is 22.7 Å². The number of epoxide rings is 1. The van der Waals surface area contributed by atoms with Crippen molar-refractivity contribution >= 4 is 23.2 Å². The molecule has 21 heavy (non-hydrogen) atoms. The van der Waals surface area contributed by atoms with Crippen molar-refractivity contribution in [2.24, 2.45) is 0 Å². The molecule has 1 aromatic carbocycles. The molecule has 4 nitrogen and oxygen atoms in total. The zero-order valence-electron chi connectivity index (χ0n) is 10.8. The molecule has 1 amide bonds. The van der Waals surface area contributed by atoms with E-state index in [2.05, 4.69) is 0 Å². The van der Waals surface area contributed by atoms with Gasteiger partial charge in [-0.1, -0.05) is 17.7 Å². The zero-order chi connectivity index (χ0) is 15.4. The number of carbonyl (C=O) groups is 1. The van der Waals surface area contributed by atoms with Crippen LogP contribution in [0.15, 0.2) is 35.5 Å². The van der Waals surface area contributed by atoms with Crippen LogP contribution in [0.2, 0.25) is 0 Å². The molecule has 0 aromatic heterocycles. The van der Waals surface area contributed by atoms with Crippen LogP contribution in [0.25, 0.3) is 0 Å². The van der Waals surface area contributed by atoms with E-state index in [4.69, 9.17) is 16.3 Å². The Balaban J connectivity index is 2.00. The Labute approximate surface area is 123 Å². The predicted molar refractivity (Wildman–Crippen MR) is 69.3 cm³/mol. The minimum atomic E-state index is -4.45. The number of carbonyl (C=O) groups excluding carboxylic acids is 1. The number of rotatable bonds is 1. The summed E-state index contributed by atoms with van der Waals surface area (Å²) in [5.41, 5.74) is -0.563. The first-order chi connectivity index (χ1) is 9.79. The molecule has 3 rings (SSSR count). The van der Waals surface area contributed by atoms with E-state index < -0.39 is 24.2 Å². The number of likely N-dealkylation sites (N-methyl/N-ethyl adjacent to an activating group) is 1. The Morgan fingerprint density at radius 3 is 2.67 bits per heavy atom. The topological polar surface area (TPSA) is 36.1 Å². The largest absolute Gasteiger partial charge is 0.416 e. The fourth-order valence-corrected chi connectivity index (χ4v) is 2.48. The quantitative estimate of drug-likeness (QED) is 0.590. The SMILES string of the molecule is CN1C(=O)C=C(Cl)N(c2cccc(C(F)(F)F)c2)C2OC21. The van der Waals surface area contributed by atoms with Gasteiger partial charge in [0.2, 0.25) is 0 Å². The number of amides is 1. The highest BCUT2D eigenvalue weighted by molar-refractivity contribution is 6.32. The first-order valence-corrected chi connectivity index (χ1v) is 6.43. The third-order valence-electron chi connectivity index (χ3n) is 3.35. The second kappa shape index (κ2) is 4.64. The minimum absolute atomic E-state index is 0.0242. The van der Waals surface area contributed by atoms with Crippen molar-refractivity contribution in [3.8, 4) is 0 Å². The standard InChI is InChI=1S/C13H10ClF3N2O2/c1-18-10(20)6-9(14)19(12-11(18)21-12)8-4-2-3-7(5-8)13(15,16)17/h2-6,11-12H,1H3. The molecule has 2 heterocycles. The highest BCUT2D eigenvalue weighted by Gasteiger charge is 2.51. The number of ether oxygens (including phenoxy) is 1. The first kappa shape index (κ1) is 14.2. The Morgan fingerprint density at radius 2 is 2.00 bits per heavy atom. The molecule has 0 N–H and O–H groups in total. The van der Waals surface area contributed by atoms with Gasteiger partial charge in [0.1, 0.15) is 5.16 Å². The molecule has 0 spiro atoms. The van der Waals surface area contributed by atoms with E-state index in [0.717, 1.165) is 18.2 Å². The molecule has 2 unspecified atom stereocenters. The lowest BCUT2D eigenvalue weighted by molar-refractivity contribution is -0.137. The molecule has 2 aliphatic rings. The lowest BCUT2D eigenvalue weighted by atomic mass is 10.2. The van der Waals surface area contributed by atoms with Crippen LogP contribution in [-0.2, 0) is 15.7 Å². The fourth-order valence-electron chi connectivity index (χ4n) is 2.19. The Kier molecular flexibility index (Phi) is 3.14. The average Bonchev–Trinajstić information content (AvgIpc) is 3.17. The number of nitrogens with zero attached hydrogens (tertiary/aromatic N) is 2. The van der Waals surface area contributed by atoms with E-state index in [1.807, 2.05) is 0 Å². The molecule has 0 saturated carbocycles. The number of fused-ring (bicyclic) bond motifs is 1. The number of anilines is 1. The Hall–Kier alpha value is -1.73. The summed E-state index contributed by atoms with van der Waals surface area (Å²) in [4.78, 5) is 14.5. The summed E-state index contributed by atoms with van der Waals surface area (Å²) in [7, 11) is 1.54. The van der Waals surface area contributed by atoms with E-state index in [9.17, 15) is 18.0 Å². The number of hydrogen-bond donors (Lipinski definition) is 0. The minimum Gasteiger partial charge on any atom is -0.325 e. The van der Waals surface area contributed by atoms with Gasteiger partial charge in [-0.05, 0) is 18.2 Å². The van der Waals surface area contributed by atoms with Crippen LogP contribution in [0.4, 0.5) is 18.9 Å². The molecule has 0 aliphatic carbocycles. The smallest absolute Gasteiger partial charge is 0.325 e. The third kappa shape index (κ3) is 2.47. The van der Waals surface area contributed by atoms with Crippen molar-refractivity contribution in [2.75, 3.05) is 11.9 Å². The molecule has 1 saturated heterocycles. The van der Waals surface area contributed by atoms with Crippen molar-refractivity contribution in [1.82, 2.24) is 4.90 Å². The van der Waals surface area contributed by atoms with Gasteiger partial charge in [-0.3, -0.25) is 4.79 Å². The second-order valence-electron chi connectivity index (χ2n) is 4.75. The molecule has 0 radical (unpaired) electrons. The second-order valence-corrected chi connectivity index (χ2v) is 5.14. The van der Waals surface area contributed by atoms with Crippen molar-refractivity contribution in [3.05, 3.63) is 41.1 Å². The highest BCUT2D eigenvalue weighted by atomic mass is 35.5. The maximum atomic E-state index is 12.8. The summed E-state index contributed by atoms with van der Waals surface area (Å²) in [5.74, 6) is -0.359. The molecule has 1 fully saturated rings. The van der Waals surface area contributed by atoms with E-state index in [-0.39, 0.29) is 16.8 Å². The van der Waals surface area contributed by atoms with Crippen molar-refractivity contribution in [2.45, 2.75) is 18.6 Å². The highest BCUT2D eigenvalue weighted by Crippen LogP contribution is 2.40. The van der Waals surface area contributed by atoms with Gasteiger partial charge in [-0.15, -0.1) is 0 Å². The third-order valence-corrected chi connectivity index (χ3v) is 3.65. The van der Waals surface area contributed by atoms with Crippen molar-refractivity contribution in [3.63, 3.8) is 0 Å². The van der Waals surface area contributed by atoms with Gasteiger partial charge in [-0.2, -0.15) is 13.2 Å². The molecule has 8 heteroatoms. The van der Waals surface area contributed by atoms with Gasteiger partial charge < -0.3 is 14.5 Å². The van der Waals surface area contributed by atoms with Crippen LogP contribution < -0.4 is 4.90 Å². The number of alkyl halides is 3. The van der Waals surface area contributed by atoms with Crippen LogP contribution >= 0.6 is 11.6 Å². The Bertz CT molecular complexity index is 632. The average molecular weight is 319 g/mol.